The molecule has 1 aliphatic heterocycles. The summed E-state index contributed by atoms with van der Waals surface area (Å²) >= 11 is 0. The molecule has 1 atom stereocenters. The lowest BCUT2D eigenvalue weighted by Crippen LogP contribution is -2.17. The molecule has 0 radical (unpaired) electrons. The van der Waals surface area contributed by atoms with Crippen molar-refractivity contribution in [2.45, 2.75) is 12.5 Å². The molecule has 14 heavy (non-hydrogen) atoms. The third-order valence-electron chi connectivity index (χ3n) is 2.18. The van der Waals surface area contributed by atoms with Crippen LogP contribution in [0.15, 0.2) is 24.3 Å². The van der Waals surface area contributed by atoms with E-state index in [0.29, 0.717) is 17.9 Å². The number of rotatable bonds is 3. The Morgan fingerprint density at radius 1 is 1.57 bits per heavy atom. The summed E-state index contributed by atoms with van der Waals surface area (Å²) in [4.78, 5) is 0. The molecule has 0 amide bonds. The number of nitrogens with zero attached hydrogens (tertiary/aromatic N) is 1. The molecule has 1 aliphatic rings. The second-order valence-corrected chi connectivity index (χ2v) is 3.64. The zero-order chi connectivity index (χ0) is 10.0. The smallest absolute Gasteiger partial charge is 0.137 e. The van der Waals surface area contributed by atoms with Crippen LogP contribution in [0.25, 0.3) is 0 Å². The van der Waals surface area contributed by atoms with E-state index in [1.807, 2.05) is 19.1 Å². The minimum Gasteiger partial charge on any atom is -0.489 e. The molecule has 1 heterocycles. The summed E-state index contributed by atoms with van der Waals surface area (Å²) in [5.41, 5.74) is 0.430. The summed E-state index contributed by atoms with van der Waals surface area (Å²) in [6.07, 6.45) is 0. The summed E-state index contributed by atoms with van der Waals surface area (Å²) in [5, 5.41) is 8.80. The van der Waals surface area contributed by atoms with Crippen LogP contribution in [-0.2, 0) is 4.74 Å². The molecule has 0 aliphatic carbocycles. The monoisotopic (exact) mass is 189 g/mol. The Morgan fingerprint density at radius 3 is 2.93 bits per heavy atom. The fourth-order valence-electron chi connectivity index (χ4n) is 1.12. The second kappa shape index (κ2) is 3.32. The minimum absolute atomic E-state index is 0.136. The fraction of sp³-hybridized carbons (Fsp3) is 0.364. The highest BCUT2D eigenvalue weighted by Crippen LogP contribution is 2.27. The largest absolute Gasteiger partial charge is 0.489 e. The molecular weight excluding hydrogens is 178 g/mol. The van der Waals surface area contributed by atoms with Crippen LogP contribution in [0.1, 0.15) is 12.5 Å². The van der Waals surface area contributed by atoms with Crippen LogP contribution in [0.3, 0.4) is 0 Å². The van der Waals surface area contributed by atoms with Crippen LogP contribution in [0.4, 0.5) is 0 Å². The normalized spacial score (nSPS) is 24.0. The summed E-state index contributed by atoms with van der Waals surface area (Å²) in [5.74, 6) is 0.631. The summed E-state index contributed by atoms with van der Waals surface area (Å²) < 4.78 is 10.7. The molecule has 1 unspecified atom stereocenters. The van der Waals surface area contributed by atoms with Crippen LogP contribution in [-0.4, -0.2) is 18.8 Å². The van der Waals surface area contributed by atoms with Gasteiger partial charge in [-0.05, 0) is 19.1 Å². The van der Waals surface area contributed by atoms with Crippen LogP contribution in [0.5, 0.6) is 5.75 Å². The van der Waals surface area contributed by atoms with Crippen molar-refractivity contribution < 1.29 is 9.47 Å². The molecule has 1 aromatic carbocycles. The predicted octanol–water partition coefficient (Wildman–Crippen LogP) is 1.73. The van der Waals surface area contributed by atoms with E-state index in [0.717, 1.165) is 6.61 Å². The van der Waals surface area contributed by atoms with Crippen molar-refractivity contribution in [1.82, 2.24) is 0 Å². The quantitative estimate of drug-likeness (QED) is 0.680. The number of hydrogen-bond donors (Lipinski definition) is 0. The van der Waals surface area contributed by atoms with Crippen molar-refractivity contribution in [3.8, 4) is 11.8 Å². The molecule has 0 bridgehead atoms. The standard InChI is InChI=1S/C11H11NO2/c1-11(8-14-11)7-13-10-5-3-2-4-9(10)6-12/h2-5H,7-8H2,1H3. The van der Waals surface area contributed by atoms with Gasteiger partial charge in [-0.3, -0.25) is 0 Å². The third-order valence-corrected chi connectivity index (χ3v) is 2.18. The highest BCUT2D eigenvalue weighted by molar-refractivity contribution is 5.42. The van der Waals surface area contributed by atoms with E-state index in [2.05, 4.69) is 6.07 Å². The molecule has 0 N–H and O–H groups in total. The molecule has 0 spiro atoms. The predicted molar refractivity (Wildman–Crippen MR) is 51.0 cm³/mol. The number of epoxide rings is 1. The SMILES string of the molecule is CC1(COc2ccccc2C#N)CO1. The Hall–Kier alpha value is -1.53. The third kappa shape index (κ3) is 1.86. The van der Waals surface area contributed by atoms with Crippen LogP contribution < -0.4 is 4.74 Å². The Bertz CT molecular complexity index is 377. The Labute approximate surface area is 82.9 Å². The van der Waals surface area contributed by atoms with Crippen molar-refractivity contribution in [2.75, 3.05) is 13.2 Å². The zero-order valence-electron chi connectivity index (χ0n) is 7.99. The maximum absolute atomic E-state index is 8.80. The van der Waals surface area contributed by atoms with Gasteiger partial charge in [0.1, 0.15) is 24.0 Å². The lowest BCUT2D eigenvalue weighted by atomic mass is 10.2. The summed E-state index contributed by atoms with van der Waals surface area (Å²) in [6, 6.07) is 9.30. The van der Waals surface area contributed by atoms with E-state index >= 15 is 0 Å². The molecule has 1 aromatic rings. The highest BCUT2D eigenvalue weighted by Gasteiger charge is 2.40. The van der Waals surface area contributed by atoms with E-state index in [1.54, 1.807) is 12.1 Å². The molecular formula is C11H11NO2. The molecule has 1 saturated heterocycles. The number of para-hydroxylation sites is 1. The molecule has 3 heteroatoms. The number of ether oxygens (including phenoxy) is 2. The molecule has 0 aromatic heterocycles. The van der Waals surface area contributed by atoms with E-state index in [1.165, 1.54) is 0 Å². The highest BCUT2D eigenvalue weighted by atomic mass is 16.6. The van der Waals surface area contributed by atoms with Crippen molar-refractivity contribution in [2.24, 2.45) is 0 Å². The lowest BCUT2D eigenvalue weighted by molar-refractivity contribution is 0.202. The van der Waals surface area contributed by atoms with Gasteiger partial charge in [-0.2, -0.15) is 5.26 Å². The van der Waals surface area contributed by atoms with E-state index in [-0.39, 0.29) is 5.60 Å². The average Bonchev–Trinajstić information content (AvgIpc) is 2.95. The van der Waals surface area contributed by atoms with Crippen LogP contribution >= 0.6 is 0 Å². The molecule has 3 nitrogen and oxygen atoms in total. The number of nitriles is 1. The van der Waals surface area contributed by atoms with Crippen molar-refractivity contribution in [3.63, 3.8) is 0 Å². The number of hydrogen-bond acceptors (Lipinski definition) is 3. The average molecular weight is 189 g/mol. The molecule has 1 fully saturated rings. The second-order valence-electron chi connectivity index (χ2n) is 3.64. The zero-order valence-corrected chi connectivity index (χ0v) is 7.99. The molecule has 72 valence electrons. The van der Waals surface area contributed by atoms with Crippen LogP contribution in [0.2, 0.25) is 0 Å². The van der Waals surface area contributed by atoms with Gasteiger partial charge in [0.25, 0.3) is 0 Å². The first-order valence-electron chi connectivity index (χ1n) is 4.49. The fourth-order valence-corrected chi connectivity index (χ4v) is 1.12. The van der Waals surface area contributed by atoms with Crippen molar-refractivity contribution in [1.29, 1.82) is 5.26 Å². The minimum atomic E-state index is -0.136. The van der Waals surface area contributed by atoms with E-state index < -0.39 is 0 Å². The Kier molecular flexibility index (Phi) is 2.14. The summed E-state index contributed by atoms with van der Waals surface area (Å²) in [6.45, 7) is 3.23. The van der Waals surface area contributed by atoms with Gasteiger partial charge < -0.3 is 9.47 Å². The van der Waals surface area contributed by atoms with Gasteiger partial charge in [0.2, 0.25) is 0 Å². The van der Waals surface area contributed by atoms with Gasteiger partial charge >= 0.3 is 0 Å². The maximum atomic E-state index is 8.80. The van der Waals surface area contributed by atoms with Crippen molar-refractivity contribution in [3.05, 3.63) is 29.8 Å². The van der Waals surface area contributed by atoms with Gasteiger partial charge in [0.05, 0.1) is 12.2 Å². The van der Waals surface area contributed by atoms with Gasteiger partial charge in [0, 0.05) is 0 Å². The lowest BCUT2D eigenvalue weighted by Gasteiger charge is -2.09. The first-order chi connectivity index (χ1) is 6.73. The van der Waals surface area contributed by atoms with Gasteiger partial charge in [0.15, 0.2) is 0 Å². The van der Waals surface area contributed by atoms with Crippen molar-refractivity contribution >= 4 is 0 Å². The van der Waals surface area contributed by atoms with Gasteiger partial charge in [-0.1, -0.05) is 12.1 Å². The van der Waals surface area contributed by atoms with E-state index in [4.69, 9.17) is 14.7 Å². The topological polar surface area (TPSA) is 45.5 Å². The Balaban J connectivity index is 2.05. The van der Waals surface area contributed by atoms with Gasteiger partial charge in [-0.25, -0.2) is 0 Å². The van der Waals surface area contributed by atoms with Gasteiger partial charge in [-0.15, -0.1) is 0 Å². The first-order valence-corrected chi connectivity index (χ1v) is 4.49. The first kappa shape index (κ1) is 9.04. The summed E-state index contributed by atoms with van der Waals surface area (Å²) in [7, 11) is 0. The van der Waals surface area contributed by atoms with Crippen LogP contribution in [0, 0.1) is 11.3 Å². The Morgan fingerprint density at radius 2 is 2.29 bits per heavy atom. The maximum Gasteiger partial charge on any atom is 0.137 e. The molecule has 0 saturated carbocycles. The van der Waals surface area contributed by atoms with E-state index in [9.17, 15) is 0 Å². The molecule has 2 rings (SSSR count). The number of benzene rings is 1.